The van der Waals surface area contributed by atoms with Gasteiger partial charge in [-0.25, -0.2) is 8.42 Å². The summed E-state index contributed by atoms with van der Waals surface area (Å²) in [6.45, 7) is 10.5. The molecule has 6 heteroatoms. The molecule has 5 nitrogen and oxygen atoms in total. The van der Waals surface area contributed by atoms with E-state index in [-0.39, 0.29) is 11.2 Å². The van der Waals surface area contributed by atoms with Crippen molar-refractivity contribution in [2.45, 2.75) is 66.2 Å². The number of nitrogens with zero attached hydrogens (tertiary/aromatic N) is 1. The van der Waals surface area contributed by atoms with Gasteiger partial charge in [0, 0.05) is 26.4 Å². The number of nitrogens with one attached hydrogen (secondary N) is 2. The summed E-state index contributed by atoms with van der Waals surface area (Å²) in [5.74, 6) is 1.76. The van der Waals surface area contributed by atoms with Crippen LogP contribution in [0, 0.1) is 16.7 Å². The van der Waals surface area contributed by atoms with E-state index in [1.807, 2.05) is 0 Å². The van der Waals surface area contributed by atoms with Crippen molar-refractivity contribution in [3.63, 3.8) is 0 Å². The summed E-state index contributed by atoms with van der Waals surface area (Å²) < 4.78 is 22.8. The first-order chi connectivity index (χ1) is 11.5. The highest BCUT2D eigenvalue weighted by atomic mass is 32.2. The third-order valence-corrected chi connectivity index (χ3v) is 6.19. The number of sulfone groups is 1. The fourth-order valence-electron chi connectivity index (χ4n) is 3.81. The van der Waals surface area contributed by atoms with E-state index in [2.05, 4.69) is 43.3 Å². The molecular formula is C19H39N3O2S. The summed E-state index contributed by atoms with van der Waals surface area (Å²) in [5.41, 5.74) is 0.307. The minimum Gasteiger partial charge on any atom is -0.356 e. The first-order valence-corrected chi connectivity index (χ1v) is 11.7. The largest absolute Gasteiger partial charge is 0.356 e. The molecule has 1 aliphatic rings. The first-order valence-electron chi connectivity index (χ1n) is 9.59. The van der Waals surface area contributed by atoms with Crippen LogP contribution in [0.25, 0.3) is 0 Å². The molecule has 0 atom stereocenters. The normalized spacial score (nSPS) is 18.6. The Kier molecular flexibility index (Phi) is 8.23. The van der Waals surface area contributed by atoms with Gasteiger partial charge in [0.05, 0.1) is 5.75 Å². The fourth-order valence-corrected chi connectivity index (χ4v) is 4.73. The van der Waals surface area contributed by atoms with Crippen LogP contribution in [0.15, 0.2) is 4.99 Å². The maximum absolute atomic E-state index is 11.4. The lowest BCUT2D eigenvalue weighted by atomic mass is 9.78. The summed E-state index contributed by atoms with van der Waals surface area (Å²) in [6.07, 6.45) is 8.47. The summed E-state index contributed by atoms with van der Waals surface area (Å²) >= 11 is 0. The van der Waals surface area contributed by atoms with Crippen LogP contribution in [0.1, 0.15) is 66.2 Å². The molecule has 0 aromatic rings. The van der Waals surface area contributed by atoms with Crippen molar-refractivity contribution >= 4 is 15.8 Å². The fraction of sp³-hybridized carbons (Fsp3) is 0.947. The quantitative estimate of drug-likeness (QED) is 0.481. The monoisotopic (exact) mass is 373 g/mol. The van der Waals surface area contributed by atoms with Crippen molar-refractivity contribution in [2.24, 2.45) is 21.7 Å². The van der Waals surface area contributed by atoms with Gasteiger partial charge in [-0.1, -0.05) is 40.5 Å². The van der Waals surface area contributed by atoms with Crippen molar-refractivity contribution in [3.05, 3.63) is 0 Å². The summed E-state index contributed by atoms with van der Waals surface area (Å²) in [4.78, 5) is 4.35. The molecule has 0 radical (unpaired) electrons. The van der Waals surface area contributed by atoms with E-state index in [1.165, 1.54) is 38.4 Å². The Morgan fingerprint density at radius 3 is 2.28 bits per heavy atom. The van der Waals surface area contributed by atoms with E-state index in [9.17, 15) is 8.42 Å². The van der Waals surface area contributed by atoms with E-state index in [0.717, 1.165) is 12.5 Å². The molecule has 1 saturated carbocycles. The van der Waals surface area contributed by atoms with Crippen molar-refractivity contribution in [3.8, 4) is 0 Å². The van der Waals surface area contributed by atoms with Crippen LogP contribution in [-0.4, -0.2) is 46.5 Å². The van der Waals surface area contributed by atoms with E-state index in [4.69, 9.17) is 0 Å². The molecule has 1 fully saturated rings. The zero-order valence-corrected chi connectivity index (χ0v) is 17.9. The van der Waals surface area contributed by atoms with Gasteiger partial charge in [-0.3, -0.25) is 4.99 Å². The maximum atomic E-state index is 11.4. The average Bonchev–Trinajstić information content (AvgIpc) is 2.93. The zero-order chi connectivity index (χ0) is 19.1. The van der Waals surface area contributed by atoms with Gasteiger partial charge in [0.2, 0.25) is 0 Å². The van der Waals surface area contributed by atoms with Gasteiger partial charge >= 0.3 is 0 Å². The predicted octanol–water partition coefficient (Wildman–Crippen LogP) is 3.22. The second-order valence-corrected chi connectivity index (χ2v) is 11.4. The molecule has 148 valence electrons. The minimum atomic E-state index is -2.92. The molecule has 0 bridgehead atoms. The number of aliphatic imine (C=N–C) groups is 1. The molecule has 1 aliphatic carbocycles. The number of guanidine groups is 1. The van der Waals surface area contributed by atoms with Crippen LogP contribution in [0.3, 0.4) is 0 Å². The number of hydrogen-bond donors (Lipinski definition) is 2. The van der Waals surface area contributed by atoms with Crippen LogP contribution in [-0.2, 0) is 9.84 Å². The van der Waals surface area contributed by atoms with Crippen molar-refractivity contribution in [1.82, 2.24) is 10.6 Å². The SMILES string of the molecule is CN=C(NCC(C)(C)CCS(C)(=O)=O)NCC1(CC(C)C)CCCC1. The van der Waals surface area contributed by atoms with Crippen LogP contribution in [0.5, 0.6) is 0 Å². The zero-order valence-electron chi connectivity index (χ0n) is 17.1. The van der Waals surface area contributed by atoms with Crippen LogP contribution >= 0.6 is 0 Å². The number of hydrogen-bond acceptors (Lipinski definition) is 3. The Morgan fingerprint density at radius 2 is 1.80 bits per heavy atom. The third-order valence-electron chi connectivity index (χ3n) is 5.24. The van der Waals surface area contributed by atoms with Crippen LogP contribution in [0.2, 0.25) is 0 Å². The highest BCUT2D eigenvalue weighted by Crippen LogP contribution is 2.42. The second-order valence-electron chi connectivity index (χ2n) is 9.13. The second kappa shape index (κ2) is 9.24. The van der Waals surface area contributed by atoms with Gasteiger partial charge < -0.3 is 10.6 Å². The average molecular weight is 374 g/mol. The Balaban J connectivity index is 2.51. The van der Waals surface area contributed by atoms with E-state index in [1.54, 1.807) is 7.05 Å². The predicted molar refractivity (Wildman–Crippen MR) is 108 cm³/mol. The Morgan fingerprint density at radius 1 is 1.20 bits per heavy atom. The van der Waals surface area contributed by atoms with Gasteiger partial charge in [-0.2, -0.15) is 0 Å². The van der Waals surface area contributed by atoms with Gasteiger partial charge in [-0.05, 0) is 42.4 Å². The smallest absolute Gasteiger partial charge is 0.191 e. The lowest BCUT2D eigenvalue weighted by molar-refractivity contribution is 0.234. The molecule has 2 N–H and O–H groups in total. The number of rotatable bonds is 9. The Hall–Kier alpha value is -0.780. The highest BCUT2D eigenvalue weighted by molar-refractivity contribution is 7.90. The third kappa shape index (κ3) is 8.93. The molecule has 0 aliphatic heterocycles. The van der Waals surface area contributed by atoms with Gasteiger partial charge in [0.15, 0.2) is 5.96 Å². The van der Waals surface area contributed by atoms with Crippen LogP contribution in [0.4, 0.5) is 0 Å². The Labute approximate surface area is 155 Å². The highest BCUT2D eigenvalue weighted by Gasteiger charge is 2.34. The molecule has 0 amide bonds. The molecule has 0 aromatic heterocycles. The van der Waals surface area contributed by atoms with Crippen molar-refractivity contribution < 1.29 is 8.42 Å². The van der Waals surface area contributed by atoms with Crippen molar-refractivity contribution in [1.29, 1.82) is 0 Å². The summed E-state index contributed by atoms with van der Waals surface area (Å²) in [5, 5.41) is 6.91. The van der Waals surface area contributed by atoms with Gasteiger partial charge in [-0.15, -0.1) is 0 Å². The Bertz CT molecular complexity index is 533. The van der Waals surface area contributed by atoms with Crippen LogP contribution < -0.4 is 10.6 Å². The molecule has 1 rings (SSSR count). The molecule has 0 heterocycles. The topological polar surface area (TPSA) is 70.6 Å². The van der Waals surface area contributed by atoms with E-state index in [0.29, 0.717) is 24.3 Å². The van der Waals surface area contributed by atoms with E-state index < -0.39 is 9.84 Å². The molecule has 0 saturated heterocycles. The molecular weight excluding hydrogens is 334 g/mol. The summed E-state index contributed by atoms with van der Waals surface area (Å²) in [6, 6.07) is 0. The van der Waals surface area contributed by atoms with E-state index >= 15 is 0 Å². The maximum Gasteiger partial charge on any atom is 0.191 e. The lowest BCUT2D eigenvalue weighted by Gasteiger charge is -2.32. The molecule has 0 spiro atoms. The summed E-state index contributed by atoms with van der Waals surface area (Å²) in [7, 11) is -1.12. The van der Waals surface area contributed by atoms with Gasteiger partial charge in [0.1, 0.15) is 9.84 Å². The molecule has 0 unspecified atom stereocenters. The van der Waals surface area contributed by atoms with Gasteiger partial charge in [0.25, 0.3) is 0 Å². The minimum absolute atomic E-state index is 0.0936. The van der Waals surface area contributed by atoms with Crippen molar-refractivity contribution in [2.75, 3.05) is 32.1 Å². The lowest BCUT2D eigenvalue weighted by Crippen LogP contribution is -2.46. The standard InChI is InChI=1S/C19H39N3O2S/c1-16(2)13-19(9-7-8-10-19)15-22-17(20-5)21-14-18(3,4)11-12-25(6,23)24/h16H,7-15H2,1-6H3,(H2,20,21,22). The molecule has 25 heavy (non-hydrogen) atoms. The molecule has 0 aromatic carbocycles. The first kappa shape index (κ1) is 22.3.